The molecule has 0 aromatic heterocycles. The Morgan fingerprint density at radius 1 is 1.33 bits per heavy atom. The second-order valence-electron chi connectivity index (χ2n) is 2.96. The van der Waals surface area contributed by atoms with Gasteiger partial charge in [-0.3, -0.25) is 9.59 Å². The average molecular weight is 270 g/mol. The molecule has 1 aliphatic rings. The molecule has 0 spiro atoms. The van der Waals surface area contributed by atoms with E-state index in [1.54, 1.807) is 0 Å². The second-order valence-corrected chi connectivity index (χ2v) is 3.88. The van der Waals surface area contributed by atoms with Crippen molar-refractivity contribution in [1.29, 1.82) is 0 Å². The number of aromatic carboxylic acids is 1. The second kappa shape index (κ2) is 3.16. The number of anilines is 1. The minimum Gasteiger partial charge on any atom is -0.478 e. The lowest BCUT2D eigenvalue weighted by atomic mass is 10.1. The predicted molar refractivity (Wildman–Crippen MR) is 54.1 cm³/mol. The zero-order valence-corrected chi connectivity index (χ0v) is 8.79. The molecule has 6 heteroatoms. The van der Waals surface area contributed by atoms with Crippen molar-refractivity contribution in [3.8, 4) is 0 Å². The van der Waals surface area contributed by atoms with Gasteiger partial charge in [0, 0.05) is 4.47 Å². The third kappa shape index (κ3) is 1.42. The number of hydrogen-bond acceptors (Lipinski definition) is 3. The van der Waals surface area contributed by atoms with Crippen molar-refractivity contribution in [2.75, 3.05) is 5.32 Å². The Kier molecular flexibility index (Phi) is 2.08. The fourth-order valence-corrected chi connectivity index (χ4v) is 1.84. The van der Waals surface area contributed by atoms with Crippen molar-refractivity contribution in [3.05, 3.63) is 27.7 Å². The zero-order chi connectivity index (χ0) is 11.2. The van der Waals surface area contributed by atoms with Crippen molar-refractivity contribution in [3.63, 3.8) is 0 Å². The number of ketones is 1. The van der Waals surface area contributed by atoms with Crippen LogP contribution in [-0.4, -0.2) is 22.8 Å². The number of fused-ring (bicyclic) bond motifs is 1. The number of halogens is 1. The van der Waals surface area contributed by atoms with E-state index in [4.69, 9.17) is 5.11 Å². The number of hydrogen-bond donors (Lipinski definition) is 2. The molecule has 2 rings (SSSR count). The minimum atomic E-state index is -1.19. The van der Waals surface area contributed by atoms with E-state index in [-0.39, 0.29) is 16.8 Å². The van der Waals surface area contributed by atoms with Gasteiger partial charge < -0.3 is 10.4 Å². The first kappa shape index (κ1) is 9.85. The highest BCUT2D eigenvalue weighted by atomic mass is 79.9. The van der Waals surface area contributed by atoms with Gasteiger partial charge in [-0.1, -0.05) is 15.9 Å². The van der Waals surface area contributed by atoms with Gasteiger partial charge in [0.15, 0.2) is 0 Å². The highest BCUT2D eigenvalue weighted by molar-refractivity contribution is 9.10. The van der Waals surface area contributed by atoms with E-state index in [0.717, 1.165) is 0 Å². The molecule has 1 amide bonds. The first-order valence-electron chi connectivity index (χ1n) is 3.93. The summed E-state index contributed by atoms with van der Waals surface area (Å²) in [4.78, 5) is 33.2. The quantitative estimate of drug-likeness (QED) is 0.753. The van der Waals surface area contributed by atoms with E-state index in [1.807, 2.05) is 0 Å². The van der Waals surface area contributed by atoms with Gasteiger partial charge in [-0.2, -0.15) is 0 Å². The summed E-state index contributed by atoms with van der Waals surface area (Å²) in [6.07, 6.45) is 0. The fraction of sp³-hybridized carbons (Fsp3) is 0. The number of carbonyl (C=O) groups excluding carboxylic acids is 2. The molecular formula is C9H4BrNO4. The molecule has 1 aromatic rings. The maximum absolute atomic E-state index is 11.3. The van der Waals surface area contributed by atoms with Crippen LogP contribution in [0.3, 0.4) is 0 Å². The number of benzene rings is 1. The van der Waals surface area contributed by atoms with Crippen LogP contribution < -0.4 is 5.32 Å². The van der Waals surface area contributed by atoms with Crippen molar-refractivity contribution >= 4 is 39.3 Å². The molecule has 0 aliphatic carbocycles. The number of carbonyl (C=O) groups is 3. The summed E-state index contributed by atoms with van der Waals surface area (Å²) in [5.41, 5.74) is 0.0612. The first-order chi connectivity index (χ1) is 7.00. The number of rotatable bonds is 1. The highest BCUT2D eigenvalue weighted by Gasteiger charge is 2.32. The number of carboxylic acids is 1. The molecule has 15 heavy (non-hydrogen) atoms. The van der Waals surface area contributed by atoms with E-state index in [2.05, 4.69) is 21.2 Å². The molecule has 0 atom stereocenters. The normalized spacial score (nSPS) is 13.7. The molecule has 0 fully saturated rings. The molecule has 0 unspecified atom stereocenters. The van der Waals surface area contributed by atoms with Gasteiger partial charge in [0.05, 0.1) is 16.8 Å². The molecule has 0 bridgehead atoms. The van der Waals surface area contributed by atoms with Crippen LogP contribution in [0, 0.1) is 0 Å². The van der Waals surface area contributed by atoms with Gasteiger partial charge in [-0.25, -0.2) is 4.79 Å². The van der Waals surface area contributed by atoms with E-state index in [9.17, 15) is 14.4 Å². The van der Waals surface area contributed by atoms with Crippen LogP contribution in [0.15, 0.2) is 16.6 Å². The van der Waals surface area contributed by atoms with Gasteiger partial charge >= 0.3 is 5.97 Å². The Balaban J connectivity index is 2.73. The SMILES string of the molecule is O=C1Nc2c(C(=O)O)cc(Br)cc2C1=O. The van der Waals surface area contributed by atoms with Gasteiger partial charge in [-0.05, 0) is 12.1 Å². The van der Waals surface area contributed by atoms with Crippen molar-refractivity contribution < 1.29 is 19.5 Å². The van der Waals surface area contributed by atoms with Crippen LogP contribution in [0.25, 0.3) is 0 Å². The van der Waals surface area contributed by atoms with E-state index >= 15 is 0 Å². The lowest BCUT2D eigenvalue weighted by molar-refractivity contribution is -0.112. The van der Waals surface area contributed by atoms with E-state index in [0.29, 0.717) is 4.47 Å². The number of amides is 1. The summed E-state index contributed by atoms with van der Waals surface area (Å²) in [7, 11) is 0. The molecule has 1 heterocycles. The average Bonchev–Trinajstić information content (AvgIpc) is 2.43. The lowest BCUT2D eigenvalue weighted by Gasteiger charge is -2.03. The Hall–Kier alpha value is -1.69. The van der Waals surface area contributed by atoms with E-state index < -0.39 is 17.7 Å². The van der Waals surface area contributed by atoms with Crippen LogP contribution in [0.2, 0.25) is 0 Å². The third-order valence-corrected chi connectivity index (χ3v) is 2.48. The molecule has 1 aromatic carbocycles. The third-order valence-electron chi connectivity index (χ3n) is 2.02. The lowest BCUT2D eigenvalue weighted by Crippen LogP contribution is -2.12. The Morgan fingerprint density at radius 3 is 2.60 bits per heavy atom. The Bertz CT molecular complexity index is 509. The van der Waals surface area contributed by atoms with Crippen LogP contribution >= 0.6 is 15.9 Å². The van der Waals surface area contributed by atoms with Gasteiger partial charge in [-0.15, -0.1) is 0 Å². The smallest absolute Gasteiger partial charge is 0.337 e. The van der Waals surface area contributed by atoms with Crippen LogP contribution in [0.5, 0.6) is 0 Å². The summed E-state index contributed by atoms with van der Waals surface area (Å²) in [6.45, 7) is 0. The maximum Gasteiger partial charge on any atom is 0.337 e. The summed E-state index contributed by atoms with van der Waals surface area (Å²) in [6, 6.07) is 2.75. The molecule has 76 valence electrons. The number of Topliss-reactive ketones (excluding diaryl/α,β-unsaturated/α-hetero) is 1. The topological polar surface area (TPSA) is 83.5 Å². The molecule has 5 nitrogen and oxygen atoms in total. The van der Waals surface area contributed by atoms with Crippen LogP contribution in [-0.2, 0) is 4.79 Å². The number of carboxylic acid groups (broad SMARTS) is 1. The summed E-state index contributed by atoms with van der Waals surface area (Å²) in [5, 5.41) is 11.1. The Labute approximate surface area is 92.2 Å². The molecule has 0 saturated carbocycles. The maximum atomic E-state index is 11.3. The summed E-state index contributed by atoms with van der Waals surface area (Å²) < 4.78 is 0.448. The monoisotopic (exact) mass is 269 g/mol. The van der Waals surface area contributed by atoms with Crippen molar-refractivity contribution in [2.45, 2.75) is 0 Å². The largest absolute Gasteiger partial charge is 0.478 e. The molecule has 2 N–H and O–H groups in total. The van der Waals surface area contributed by atoms with Crippen LogP contribution in [0.4, 0.5) is 5.69 Å². The van der Waals surface area contributed by atoms with Gasteiger partial charge in [0.25, 0.3) is 11.7 Å². The van der Waals surface area contributed by atoms with Crippen LogP contribution in [0.1, 0.15) is 20.7 Å². The predicted octanol–water partition coefficient (Wildman–Crippen LogP) is 1.28. The molecule has 0 saturated heterocycles. The molecule has 1 aliphatic heterocycles. The molecule has 0 radical (unpaired) electrons. The summed E-state index contributed by atoms with van der Waals surface area (Å²) >= 11 is 3.08. The molecular weight excluding hydrogens is 266 g/mol. The standard InChI is InChI=1S/C9H4BrNO4/c10-3-1-4-6(5(2-3)9(14)15)11-8(13)7(4)12/h1-2H,(H,14,15)(H,11,12,13). The van der Waals surface area contributed by atoms with Gasteiger partial charge in [0.1, 0.15) is 0 Å². The van der Waals surface area contributed by atoms with E-state index in [1.165, 1.54) is 12.1 Å². The minimum absolute atomic E-state index is 0.0701. The summed E-state index contributed by atoms with van der Waals surface area (Å²) in [5.74, 6) is -2.71. The van der Waals surface area contributed by atoms with Crippen molar-refractivity contribution in [1.82, 2.24) is 0 Å². The van der Waals surface area contributed by atoms with Crippen molar-refractivity contribution in [2.24, 2.45) is 0 Å². The highest BCUT2D eigenvalue weighted by Crippen LogP contribution is 2.30. The first-order valence-corrected chi connectivity index (χ1v) is 4.72. The fourth-order valence-electron chi connectivity index (χ4n) is 1.38. The Morgan fingerprint density at radius 2 is 2.00 bits per heavy atom. The van der Waals surface area contributed by atoms with Gasteiger partial charge in [0.2, 0.25) is 0 Å². The zero-order valence-electron chi connectivity index (χ0n) is 7.20. The number of nitrogens with one attached hydrogen (secondary N) is 1.